The van der Waals surface area contributed by atoms with Crippen molar-refractivity contribution in [2.75, 3.05) is 38.1 Å². The Kier molecular flexibility index (Phi) is 19.7. The number of aliphatic hydroxyl groups is 5. The molecule has 0 saturated carbocycles. The summed E-state index contributed by atoms with van der Waals surface area (Å²) in [5.74, 6) is -0.984. The van der Waals surface area contributed by atoms with E-state index in [1.54, 1.807) is 0 Å². The van der Waals surface area contributed by atoms with Crippen LogP contribution in [0.25, 0.3) is 10.8 Å². The van der Waals surface area contributed by atoms with Crippen molar-refractivity contribution in [1.29, 1.82) is 0 Å². The van der Waals surface area contributed by atoms with Crippen LogP contribution in [0, 0.1) is 0 Å². The number of nitrogens with two attached hydrogens (primary N) is 3. The molecule has 2 amide bonds. The molecule has 0 aliphatic carbocycles. The number of aryl methyl sites for hydroxylation is 2. The van der Waals surface area contributed by atoms with Crippen LogP contribution in [0.15, 0.2) is 71.9 Å². The van der Waals surface area contributed by atoms with Crippen LogP contribution in [-0.4, -0.2) is 121 Å². The summed E-state index contributed by atoms with van der Waals surface area (Å²) in [6, 6.07) is 19.3. The minimum atomic E-state index is -1.65. The summed E-state index contributed by atoms with van der Waals surface area (Å²) >= 11 is 5.82. The Labute approximate surface area is 356 Å². The molecule has 0 aliphatic heterocycles. The first kappa shape index (κ1) is 48.1. The lowest BCUT2D eigenvalue weighted by atomic mass is 9.98. The van der Waals surface area contributed by atoms with Crippen molar-refractivity contribution in [2.24, 2.45) is 22.2 Å². The van der Waals surface area contributed by atoms with Crippen LogP contribution >= 0.6 is 11.6 Å². The lowest BCUT2D eigenvalue weighted by Gasteiger charge is -2.30. The molecule has 0 aliphatic rings. The van der Waals surface area contributed by atoms with E-state index in [9.17, 15) is 30.0 Å². The van der Waals surface area contributed by atoms with E-state index in [1.165, 1.54) is 11.8 Å². The maximum Gasteiger partial charge on any atom is 0.269 e. The molecular formula is C44H61ClN8O7. The minimum absolute atomic E-state index is 0.0404. The average Bonchev–Trinajstić information content (AvgIpc) is 3.24. The highest BCUT2D eigenvalue weighted by atomic mass is 35.5. The van der Waals surface area contributed by atoms with Gasteiger partial charge in [0, 0.05) is 18.8 Å². The number of amides is 2. The van der Waals surface area contributed by atoms with E-state index in [4.69, 9.17) is 33.9 Å². The average molecular weight is 849 g/mol. The van der Waals surface area contributed by atoms with Crippen LogP contribution in [0.5, 0.6) is 0 Å². The number of carbonyl (C=O) groups excluding carboxylic acids is 2. The normalized spacial score (nSPS) is 14.5. The van der Waals surface area contributed by atoms with Crippen molar-refractivity contribution in [3.63, 3.8) is 0 Å². The molecule has 326 valence electrons. The third kappa shape index (κ3) is 15.2. The quantitative estimate of drug-likeness (QED) is 0.0251. The van der Waals surface area contributed by atoms with Crippen molar-refractivity contribution in [3.05, 3.63) is 100 Å². The number of hydrogen-bond donors (Lipinski definition) is 9. The number of hydrogen-bond acceptors (Lipinski definition) is 12. The first-order valence-electron chi connectivity index (χ1n) is 20.6. The number of nitrogens with one attached hydrogen (secondary N) is 1. The molecule has 16 heteroatoms. The van der Waals surface area contributed by atoms with Crippen molar-refractivity contribution in [2.45, 2.75) is 102 Å². The zero-order valence-electron chi connectivity index (χ0n) is 34.3. The van der Waals surface area contributed by atoms with E-state index in [0.29, 0.717) is 25.2 Å². The van der Waals surface area contributed by atoms with Gasteiger partial charge in [0.2, 0.25) is 5.91 Å². The van der Waals surface area contributed by atoms with Gasteiger partial charge in [-0.15, -0.1) is 0 Å². The standard InChI is InChI=1S/C44H61ClN8O7/c1-2-3-4-7-20-53(26-35(55)40(57)41(58)36(56)27-54)21-8-10-28-13-17-33(18-14-28)51-44(60)34(46)24-30-12-16-31-22-29(11-15-32(31)23-30)9-5-6-19-49-42(47)38-39(43(48)59)52-37(45)25-50-38/h11-18,22-23,25,34-36,40-41,54-58H,2-10,19-21,24,26-27,46H2,1H3,(H2,47,49)(H2,48,59)(H,51,60)/t34-,35-,36+,40+,41+/m0/s1. The second-order valence-corrected chi connectivity index (χ2v) is 15.6. The van der Waals surface area contributed by atoms with Crippen LogP contribution in [-0.2, 0) is 24.1 Å². The number of aliphatic hydroxyl groups excluding tert-OH is 5. The highest BCUT2D eigenvalue weighted by Crippen LogP contribution is 2.21. The summed E-state index contributed by atoms with van der Waals surface area (Å²) in [6.07, 6.45) is 3.76. The van der Waals surface area contributed by atoms with E-state index in [2.05, 4.69) is 56.4 Å². The van der Waals surface area contributed by atoms with Gasteiger partial charge in [-0.25, -0.2) is 9.97 Å². The van der Waals surface area contributed by atoms with Crippen LogP contribution < -0.4 is 22.5 Å². The zero-order valence-corrected chi connectivity index (χ0v) is 35.1. The number of aliphatic imine (C=N–C) groups is 1. The van der Waals surface area contributed by atoms with Gasteiger partial charge < -0.3 is 53.0 Å². The molecule has 12 N–H and O–H groups in total. The fourth-order valence-corrected chi connectivity index (χ4v) is 7.04. The molecule has 0 spiro atoms. The highest BCUT2D eigenvalue weighted by molar-refractivity contribution is 6.29. The summed E-state index contributed by atoms with van der Waals surface area (Å²) in [5.41, 5.74) is 21.6. The molecule has 0 fully saturated rings. The summed E-state index contributed by atoms with van der Waals surface area (Å²) in [4.78, 5) is 39.1. The Balaban J connectivity index is 1.22. The van der Waals surface area contributed by atoms with Crippen molar-refractivity contribution < 1.29 is 35.1 Å². The molecule has 0 saturated heterocycles. The van der Waals surface area contributed by atoms with Gasteiger partial charge in [0.05, 0.1) is 24.9 Å². The van der Waals surface area contributed by atoms with Crippen molar-refractivity contribution in [1.82, 2.24) is 14.9 Å². The minimum Gasteiger partial charge on any atom is -0.394 e. The molecule has 5 atom stereocenters. The number of fused-ring (bicyclic) bond motifs is 1. The number of benzene rings is 3. The smallest absolute Gasteiger partial charge is 0.269 e. The van der Waals surface area contributed by atoms with Gasteiger partial charge in [0.15, 0.2) is 5.69 Å². The number of primary amides is 1. The number of nitrogens with zero attached hydrogens (tertiary/aromatic N) is 4. The van der Waals surface area contributed by atoms with Gasteiger partial charge >= 0.3 is 0 Å². The van der Waals surface area contributed by atoms with Gasteiger partial charge in [-0.05, 0) is 97.6 Å². The van der Waals surface area contributed by atoms with E-state index < -0.39 is 43.0 Å². The van der Waals surface area contributed by atoms with Gasteiger partial charge in [0.1, 0.15) is 35.0 Å². The topological polar surface area (TPSA) is 267 Å². The second kappa shape index (κ2) is 24.6. The molecule has 0 bridgehead atoms. The van der Waals surface area contributed by atoms with E-state index in [1.807, 2.05) is 36.4 Å². The largest absolute Gasteiger partial charge is 0.394 e. The lowest BCUT2D eigenvalue weighted by molar-refractivity contribution is -0.119. The third-order valence-corrected chi connectivity index (χ3v) is 10.6. The molecule has 1 aromatic heterocycles. The molecule has 60 heavy (non-hydrogen) atoms. The van der Waals surface area contributed by atoms with Crippen LogP contribution in [0.4, 0.5) is 5.69 Å². The second-order valence-electron chi connectivity index (χ2n) is 15.3. The number of rotatable bonds is 26. The number of halogens is 1. The molecule has 3 aromatic carbocycles. The highest BCUT2D eigenvalue weighted by Gasteiger charge is 2.31. The predicted octanol–water partition coefficient (Wildman–Crippen LogP) is 2.87. The van der Waals surface area contributed by atoms with E-state index in [0.717, 1.165) is 86.2 Å². The van der Waals surface area contributed by atoms with Crippen molar-refractivity contribution in [3.8, 4) is 0 Å². The monoisotopic (exact) mass is 848 g/mol. The van der Waals surface area contributed by atoms with Crippen molar-refractivity contribution >= 4 is 45.7 Å². The van der Waals surface area contributed by atoms with Gasteiger partial charge in [-0.2, -0.15) is 0 Å². The molecule has 4 rings (SSSR count). The Morgan fingerprint density at radius 1 is 0.800 bits per heavy atom. The van der Waals surface area contributed by atoms with Gasteiger partial charge in [-0.3, -0.25) is 14.6 Å². The Bertz CT molecular complexity index is 2000. The Morgan fingerprint density at radius 3 is 2.12 bits per heavy atom. The van der Waals surface area contributed by atoms with Crippen LogP contribution in [0.2, 0.25) is 5.15 Å². The maximum absolute atomic E-state index is 13.1. The van der Waals surface area contributed by atoms with Crippen LogP contribution in [0.1, 0.15) is 84.7 Å². The summed E-state index contributed by atoms with van der Waals surface area (Å²) in [5, 5.41) is 54.8. The molecule has 4 aromatic rings. The van der Waals surface area contributed by atoms with Gasteiger partial charge in [-0.1, -0.05) is 86.3 Å². The molecule has 0 radical (unpaired) electrons. The Morgan fingerprint density at radius 2 is 1.43 bits per heavy atom. The van der Waals surface area contributed by atoms with Crippen LogP contribution in [0.3, 0.4) is 0 Å². The summed E-state index contributed by atoms with van der Waals surface area (Å²) in [6.45, 7) is 3.35. The Hall–Kier alpha value is -4.58. The molecular weight excluding hydrogens is 788 g/mol. The number of anilines is 1. The fourth-order valence-electron chi connectivity index (χ4n) is 6.90. The predicted molar refractivity (Wildman–Crippen MR) is 235 cm³/mol. The zero-order chi connectivity index (χ0) is 43.6. The molecule has 1 heterocycles. The number of aromatic nitrogens is 2. The first-order valence-corrected chi connectivity index (χ1v) is 21.0. The summed E-state index contributed by atoms with van der Waals surface area (Å²) in [7, 11) is 0. The van der Waals surface area contributed by atoms with E-state index >= 15 is 0 Å². The van der Waals surface area contributed by atoms with E-state index in [-0.39, 0.29) is 34.8 Å². The maximum atomic E-state index is 13.1. The number of carbonyl (C=O) groups is 2. The SMILES string of the molecule is CCCCCCN(CCCc1ccc(NC(=O)[C@@H](N)Cc2ccc3cc(CCCCN=C(N)c4ncc(Cl)nc4C(N)=O)ccc3c2)cc1)C[C@H](O)[C@@H](O)[C@H](O)[C@H](O)CO. The third-order valence-electron chi connectivity index (χ3n) is 10.4. The number of unbranched alkanes of at least 4 members (excludes halogenated alkanes) is 4. The lowest BCUT2D eigenvalue weighted by Crippen LogP contribution is -2.50. The fraction of sp³-hybridized carbons (Fsp3) is 0.477. The molecule has 15 nitrogen and oxygen atoms in total. The number of amidine groups is 1. The molecule has 0 unspecified atom stereocenters. The first-order chi connectivity index (χ1) is 28.8. The summed E-state index contributed by atoms with van der Waals surface area (Å²) < 4.78 is 0. The van der Waals surface area contributed by atoms with Gasteiger partial charge in [0.25, 0.3) is 5.91 Å².